The second-order valence-electron chi connectivity index (χ2n) is 5.03. The molecule has 5 nitrogen and oxygen atoms in total. The Labute approximate surface area is 140 Å². The zero-order valence-corrected chi connectivity index (χ0v) is 15.3. The van der Waals surface area contributed by atoms with Crippen LogP contribution in [0.3, 0.4) is 0 Å². The SMILES string of the molecule is CN=C(NCCCCN1CCCC1)NCCCOC.I. The van der Waals surface area contributed by atoms with E-state index < -0.39 is 0 Å². The molecule has 0 aromatic heterocycles. The Morgan fingerprint density at radius 2 is 1.75 bits per heavy atom. The van der Waals surface area contributed by atoms with Gasteiger partial charge in [0.2, 0.25) is 0 Å². The number of likely N-dealkylation sites (tertiary alicyclic amines) is 1. The second-order valence-corrected chi connectivity index (χ2v) is 5.03. The van der Waals surface area contributed by atoms with Crippen LogP contribution >= 0.6 is 24.0 Å². The number of unbranched alkanes of at least 4 members (excludes halogenated alkanes) is 1. The van der Waals surface area contributed by atoms with E-state index >= 15 is 0 Å². The fourth-order valence-electron chi connectivity index (χ4n) is 2.32. The quantitative estimate of drug-likeness (QED) is 0.269. The van der Waals surface area contributed by atoms with Gasteiger partial charge in [0.05, 0.1) is 0 Å². The lowest BCUT2D eigenvalue weighted by atomic mass is 10.3. The summed E-state index contributed by atoms with van der Waals surface area (Å²) in [6.45, 7) is 6.55. The minimum absolute atomic E-state index is 0. The first-order chi connectivity index (χ1) is 9.36. The zero-order valence-electron chi connectivity index (χ0n) is 13.0. The third-order valence-electron chi connectivity index (χ3n) is 3.43. The topological polar surface area (TPSA) is 48.9 Å². The molecule has 1 aliphatic rings. The van der Waals surface area contributed by atoms with Crippen LogP contribution in [0.15, 0.2) is 4.99 Å². The number of aliphatic imine (C=N–C) groups is 1. The first-order valence-electron chi connectivity index (χ1n) is 7.52. The lowest BCUT2D eigenvalue weighted by Gasteiger charge is -2.15. The highest BCUT2D eigenvalue weighted by Crippen LogP contribution is 2.07. The number of nitrogens with zero attached hydrogens (tertiary/aromatic N) is 2. The van der Waals surface area contributed by atoms with Crippen molar-refractivity contribution in [2.45, 2.75) is 32.1 Å². The molecule has 120 valence electrons. The Morgan fingerprint density at radius 3 is 2.35 bits per heavy atom. The summed E-state index contributed by atoms with van der Waals surface area (Å²) >= 11 is 0. The van der Waals surface area contributed by atoms with Gasteiger partial charge in [0, 0.05) is 33.9 Å². The third kappa shape index (κ3) is 9.77. The Hall–Kier alpha value is -0.0800. The molecule has 0 unspecified atom stereocenters. The van der Waals surface area contributed by atoms with E-state index in [-0.39, 0.29) is 24.0 Å². The Balaban J connectivity index is 0.00000361. The van der Waals surface area contributed by atoms with Crippen molar-refractivity contribution in [3.8, 4) is 0 Å². The second kappa shape index (κ2) is 13.9. The first-order valence-corrected chi connectivity index (χ1v) is 7.52. The van der Waals surface area contributed by atoms with Gasteiger partial charge in [-0.1, -0.05) is 0 Å². The predicted molar refractivity (Wildman–Crippen MR) is 96.2 cm³/mol. The molecule has 1 saturated heterocycles. The standard InChI is InChI=1S/C14H30N4O.HI/c1-15-14(17-9-7-13-19-2)16-8-3-4-10-18-11-5-6-12-18;/h3-13H2,1-2H3,(H2,15,16,17);1H. The van der Waals surface area contributed by atoms with Crippen LogP contribution in [0.2, 0.25) is 0 Å². The number of nitrogens with one attached hydrogen (secondary N) is 2. The Kier molecular flexibility index (Phi) is 13.8. The van der Waals surface area contributed by atoms with Gasteiger partial charge in [-0.2, -0.15) is 0 Å². The summed E-state index contributed by atoms with van der Waals surface area (Å²) in [5.41, 5.74) is 0. The van der Waals surface area contributed by atoms with Crippen LogP contribution in [0.5, 0.6) is 0 Å². The van der Waals surface area contributed by atoms with E-state index in [2.05, 4.69) is 20.5 Å². The van der Waals surface area contributed by atoms with Gasteiger partial charge >= 0.3 is 0 Å². The van der Waals surface area contributed by atoms with Crippen LogP contribution in [0.1, 0.15) is 32.1 Å². The fourth-order valence-corrected chi connectivity index (χ4v) is 2.32. The van der Waals surface area contributed by atoms with Gasteiger partial charge in [0.15, 0.2) is 5.96 Å². The molecule has 0 bridgehead atoms. The summed E-state index contributed by atoms with van der Waals surface area (Å²) in [5.74, 6) is 0.900. The molecule has 0 aliphatic carbocycles. The molecule has 0 amide bonds. The number of hydrogen-bond acceptors (Lipinski definition) is 3. The number of ether oxygens (including phenoxy) is 1. The van der Waals surface area contributed by atoms with Gasteiger partial charge in [0.25, 0.3) is 0 Å². The molecule has 0 aromatic rings. The number of methoxy groups -OCH3 is 1. The molecule has 1 aliphatic heterocycles. The van der Waals surface area contributed by atoms with Crippen molar-refractivity contribution >= 4 is 29.9 Å². The molecule has 1 heterocycles. The van der Waals surface area contributed by atoms with E-state index in [0.717, 1.165) is 32.1 Å². The van der Waals surface area contributed by atoms with E-state index in [1.165, 1.54) is 45.3 Å². The van der Waals surface area contributed by atoms with Crippen LogP contribution < -0.4 is 10.6 Å². The van der Waals surface area contributed by atoms with Crippen LogP contribution in [0, 0.1) is 0 Å². The van der Waals surface area contributed by atoms with E-state index in [9.17, 15) is 0 Å². The molecule has 6 heteroatoms. The largest absolute Gasteiger partial charge is 0.385 e. The lowest BCUT2D eigenvalue weighted by molar-refractivity contribution is 0.195. The molecule has 0 saturated carbocycles. The van der Waals surface area contributed by atoms with Crippen molar-refractivity contribution < 1.29 is 4.74 Å². The van der Waals surface area contributed by atoms with Crippen molar-refractivity contribution in [1.29, 1.82) is 0 Å². The third-order valence-corrected chi connectivity index (χ3v) is 3.43. The van der Waals surface area contributed by atoms with Crippen molar-refractivity contribution in [3.05, 3.63) is 0 Å². The number of guanidine groups is 1. The van der Waals surface area contributed by atoms with Gasteiger partial charge in [-0.25, -0.2) is 0 Å². The van der Waals surface area contributed by atoms with Crippen LogP contribution in [0.4, 0.5) is 0 Å². The van der Waals surface area contributed by atoms with Gasteiger partial charge < -0.3 is 20.3 Å². The molecular weight excluding hydrogens is 367 g/mol. The maximum atomic E-state index is 5.01. The highest BCUT2D eigenvalue weighted by atomic mass is 127. The van der Waals surface area contributed by atoms with Crippen molar-refractivity contribution in [3.63, 3.8) is 0 Å². The summed E-state index contributed by atoms with van der Waals surface area (Å²) in [4.78, 5) is 6.77. The highest BCUT2D eigenvalue weighted by molar-refractivity contribution is 14.0. The number of halogens is 1. The summed E-state index contributed by atoms with van der Waals surface area (Å²) in [6.07, 6.45) is 6.25. The van der Waals surface area contributed by atoms with Crippen molar-refractivity contribution in [1.82, 2.24) is 15.5 Å². The summed E-state index contributed by atoms with van der Waals surface area (Å²) in [7, 11) is 3.54. The van der Waals surface area contributed by atoms with Crippen LogP contribution in [0.25, 0.3) is 0 Å². The first kappa shape index (κ1) is 19.9. The molecule has 20 heavy (non-hydrogen) atoms. The van der Waals surface area contributed by atoms with Crippen LogP contribution in [-0.2, 0) is 4.74 Å². The summed E-state index contributed by atoms with van der Waals surface area (Å²) in [6, 6.07) is 0. The Morgan fingerprint density at radius 1 is 1.10 bits per heavy atom. The van der Waals surface area contributed by atoms with Gasteiger partial charge in [0.1, 0.15) is 0 Å². The van der Waals surface area contributed by atoms with E-state index in [4.69, 9.17) is 4.74 Å². The minimum atomic E-state index is 0. The average Bonchev–Trinajstić information content (AvgIpc) is 2.94. The number of rotatable bonds is 9. The molecule has 2 N–H and O–H groups in total. The minimum Gasteiger partial charge on any atom is -0.385 e. The molecule has 0 atom stereocenters. The maximum Gasteiger partial charge on any atom is 0.190 e. The molecule has 0 spiro atoms. The van der Waals surface area contributed by atoms with Crippen molar-refractivity contribution in [2.24, 2.45) is 4.99 Å². The monoisotopic (exact) mass is 398 g/mol. The van der Waals surface area contributed by atoms with Gasteiger partial charge in [-0.05, 0) is 51.7 Å². The summed E-state index contributed by atoms with van der Waals surface area (Å²) in [5, 5.41) is 6.64. The van der Waals surface area contributed by atoms with E-state index in [0.29, 0.717) is 0 Å². The number of hydrogen-bond donors (Lipinski definition) is 2. The zero-order chi connectivity index (χ0) is 13.8. The normalized spacial score (nSPS) is 16.0. The molecule has 1 fully saturated rings. The van der Waals surface area contributed by atoms with Gasteiger partial charge in [-0.3, -0.25) is 4.99 Å². The fraction of sp³-hybridized carbons (Fsp3) is 0.929. The highest BCUT2D eigenvalue weighted by Gasteiger charge is 2.09. The molecular formula is C14H31IN4O. The van der Waals surface area contributed by atoms with E-state index in [1.54, 1.807) is 7.11 Å². The smallest absolute Gasteiger partial charge is 0.190 e. The lowest BCUT2D eigenvalue weighted by Crippen LogP contribution is -2.38. The molecule has 0 aromatic carbocycles. The summed E-state index contributed by atoms with van der Waals surface area (Å²) < 4.78 is 5.01. The van der Waals surface area contributed by atoms with E-state index in [1.807, 2.05) is 7.05 Å². The Bertz CT molecular complexity index is 245. The van der Waals surface area contributed by atoms with Crippen molar-refractivity contribution in [2.75, 3.05) is 53.5 Å². The average molecular weight is 398 g/mol. The van der Waals surface area contributed by atoms with Crippen LogP contribution in [-0.4, -0.2) is 64.3 Å². The predicted octanol–water partition coefficient (Wildman–Crippen LogP) is 1.68. The molecule has 1 rings (SSSR count). The maximum absolute atomic E-state index is 5.01. The molecule has 0 radical (unpaired) electrons. The van der Waals surface area contributed by atoms with Gasteiger partial charge in [-0.15, -0.1) is 24.0 Å².